The monoisotopic (exact) mass is 576 g/mol. The number of rotatable bonds is 12. The number of halogens is 4. The summed E-state index contributed by atoms with van der Waals surface area (Å²) >= 11 is 0. The smallest absolute Gasteiger partial charge is 0.391 e. The molecule has 3 aromatic carbocycles. The second-order valence-corrected chi connectivity index (χ2v) is 9.02. The van der Waals surface area contributed by atoms with E-state index in [9.17, 15) is 32.9 Å². The molecule has 0 aromatic heterocycles. The Labute approximate surface area is 233 Å². The van der Waals surface area contributed by atoms with Crippen molar-refractivity contribution in [1.29, 1.82) is 0 Å². The third-order valence-corrected chi connectivity index (χ3v) is 6.21. The summed E-state index contributed by atoms with van der Waals surface area (Å²) in [5.41, 5.74) is -4.60. The molecule has 0 unspecified atom stereocenters. The molecule has 8 nitrogen and oxygen atoms in total. The van der Waals surface area contributed by atoms with Crippen LogP contribution in [0.15, 0.2) is 72.8 Å². The van der Waals surface area contributed by atoms with E-state index < -0.39 is 70.8 Å². The SMILES string of the molecule is CCOC(=O)C(CC(F)(F)F)(C(=O)OCC)c1ccc([N+](=O)[O-])c(N(Cc2ccccc2)Cc2ccccc2)c1F. The van der Waals surface area contributed by atoms with Crippen LogP contribution in [0.25, 0.3) is 0 Å². The molecule has 0 aliphatic carbocycles. The molecule has 0 aliphatic rings. The number of hydrogen-bond acceptors (Lipinski definition) is 7. The highest BCUT2D eigenvalue weighted by molar-refractivity contribution is 6.07. The van der Waals surface area contributed by atoms with E-state index in [1.54, 1.807) is 60.7 Å². The maximum absolute atomic E-state index is 16.7. The van der Waals surface area contributed by atoms with Crippen molar-refractivity contribution in [3.05, 3.63) is 105 Å². The van der Waals surface area contributed by atoms with Crippen LogP contribution in [-0.4, -0.2) is 36.3 Å². The van der Waals surface area contributed by atoms with Crippen molar-refractivity contribution in [3.63, 3.8) is 0 Å². The average Bonchev–Trinajstić information content (AvgIpc) is 2.92. The van der Waals surface area contributed by atoms with Crippen LogP contribution in [0.2, 0.25) is 0 Å². The lowest BCUT2D eigenvalue weighted by atomic mass is 9.76. The van der Waals surface area contributed by atoms with E-state index in [-0.39, 0.29) is 13.1 Å². The van der Waals surface area contributed by atoms with Crippen LogP contribution in [0.5, 0.6) is 0 Å². The van der Waals surface area contributed by atoms with Gasteiger partial charge in [0, 0.05) is 24.7 Å². The second-order valence-electron chi connectivity index (χ2n) is 9.02. The maximum atomic E-state index is 16.7. The summed E-state index contributed by atoms with van der Waals surface area (Å²) in [5.74, 6) is -4.92. The third-order valence-electron chi connectivity index (χ3n) is 6.21. The minimum absolute atomic E-state index is 0.0952. The van der Waals surface area contributed by atoms with Crippen molar-refractivity contribution in [2.24, 2.45) is 0 Å². The van der Waals surface area contributed by atoms with Crippen LogP contribution in [0, 0.1) is 15.9 Å². The molecule has 0 saturated heterocycles. The Balaban J connectivity index is 2.37. The molecule has 0 atom stereocenters. The van der Waals surface area contributed by atoms with Gasteiger partial charge in [-0.25, -0.2) is 4.39 Å². The molecule has 0 amide bonds. The predicted octanol–water partition coefficient (Wildman–Crippen LogP) is 6.26. The number of alkyl halides is 3. The molecule has 0 aliphatic heterocycles. The number of carbonyl (C=O) groups excluding carboxylic acids is 2. The summed E-state index contributed by atoms with van der Waals surface area (Å²) in [6, 6.07) is 18.5. The molecule has 0 heterocycles. The first-order chi connectivity index (χ1) is 19.4. The summed E-state index contributed by atoms with van der Waals surface area (Å²) in [5, 5.41) is 12.1. The summed E-state index contributed by atoms with van der Waals surface area (Å²) in [7, 11) is 0. The van der Waals surface area contributed by atoms with Gasteiger partial charge in [-0.1, -0.05) is 60.7 Å². The molecule has 0 bridgehead atoms. The largest absolute Gasteiger partial charge is 0.465 e. The molecule has 0 fully saturated rings. The zero-order valence-electron chi connectivity index (χ0n) is 22.3. The van der Waals surface area contributed by atoms with Crippen LogP contribution < -0.4 is 4.90 Å². The molecular weight excluding hydrogens is 548 g/mol. The Morgan fingerprint density at radius 3 is 1.68 bits per heavy atom. The first-order valence-electron chi connectivity index (χ1n) is 12.7. The fourth-order valence-electron chi connectivity index (χ4n) is 4.51. The van der Waals surface area contributed by atoms with E-state index in [2.05, 4.69) is 0 Å². The normalized spacial score (nSPS) is 11.6. The Morgan fingerprint density at radius 1 is 0.829 bits per heavy atom. The van der Waals surface area contributed by atoms with E-state index in [1.165, 1.54) is 18.7 Å². The number of esters is 2. The van der Waals surface area contributed by atoms with E-state index in [4.69, 9.17) is 9.47 Å². The van der Waals surface area contributed by atoms with E-state index in [0.29, 0.717) is 17.2 Å². The Morgan fingerprint density at radius 2 is 1.29 bits per heavy atom. The van der Waals surface area contributed by atoms with Gasteiger partial charge in [0.15, 0.2) is 11.5 Å². The lowest BCUT2D eigenvalue weighted by molar-refractivity contribution is -0.384. The van der Waals surface area contributed by atoms with Crippen LogP contribution in [0.3, 0.4) is 0 Å². The van der Waals surface area contributed by atoms with Gasteiger partial charge < -0.3 is 14.4 Å². The highest BCUT2D eigenvalue weighted by atomic mass is 19.4. The lowest BCUT2D eigenvalue weighted by Crippen LogP contribution is -2.50. The number of carbonyl (C=O) groups is 2. The Hall–Kier alpha value is -4.48. The lowest BCUT2D eigenvalue weighted by Gasteiger charge is -2.32. The van der Waals surface area contributed by atoms with Crippen LogP contribution >= 0.6 is 0 Å². The van der Waals surface area contributed by atoms with Crippen LogP contribution in [-0.2, 0) is 37.6 Å². The first kappa shape index (κ1) is 31.1. The fraction of sp³-hybridized carbons (Fsp3) is 0.310. The predicted molar refractivity (Wildman–Crippen MR) is 141 cm³/mol. The van der Waals surface area contributed by atoms with Crippen molar-refractivity contribution in [2.45, 2.75) is 44.9 Å². The van der Waals surface area contributed by atoms with Gasteiger partial charge in [-0.15, -0.1) is 0 Å². The third kappa shape index (κ3) is 7.19. The summed E-state index contributed by atoms with van der Waals surface area (Å²) in [4.78, 5) is 38.8. The molecule has 3 aromatic rings. The van der Waals surface area contributed by atoms with Crippen molar-refractivity contribution < 1.29 is 41.5 Å². The molecule has 218 valence electrons. The fourth-order valence-corrected chi connectivity index (χ4v) is 4.51. The highest BCUT2D eigenvalue weighted by Crippen LogP contribution is 2.45. The minimum atomic E-state index is -5.17. The molecular formula is C29H28F4N2O6. The number of benzene rings is 3. The van der Waals surface area contributed by atoms with E-state index >= 15 is 4.39 Å². The number of ether oxygens (including phenoxy) is 2. The average molecular weight is 577 g/mol. The summed E-state index contributed by atoms with van der Waals surface area (Å²) in [6.45, 7) is 1.58. The van der Waals surface area contributed by atoms with Gasteiger partial charge in [-0.2, -0.15) is 13.2 Å². The number of nitro benzene ring substituents is 1. The topological polar surface area (TPSA) is 99.0 Å². The molecule has 0 N–H and O–H groups in total. The number of anilines is 1. The Bertz CT molecular complexity index is 1310. The van der Waals surface area contributed by atoms with Gasteiger partial charge in [-0.05, 0) is 31.0 Å². The summed E-state index contributed by atoms with van der Waals surface area (Å²) < 4.78 is 68.2. The van der Waals surface area contributed by atoms with Gasteiger partial charge in [0.25, 0.3) is 5.69 Å². The highest BCUT2D eigenvalue weighted by Gasteiger charge is 2.59. The number of nitrogens with zero attached hydrogens (tertiary/aromatic N) is 2. The van der Waals surface area contributed by atoms with E-state index in [0.717, 1.165) is 6.07 Å². The van der Waals surface area contributed by atoms with Crippen molar-refractivity contribution >= 4 is 23.3 Å². The van der Waals surface area contributed by atoms with Crippen molar-refractivity contribution in [1.82, 2.24) is 0 Å². The van der Waals surface area contributed by atoms with Gasteiger partial charge in [0.05, 0.1) is 24.6 Å². The number of nitro groups is 1. The summed E-state index contributed by atoms with van der Waals surface area (Å²) in [6.07, 6.45) is -7.31. The zero-order chi connectivity index (χ0) is 30.2. The molecule has 3 rings (SSSR count). The standard InChI is InChI=1S/C29H28F4N2O6/c1-3-40-26(36)28(19-29(31,32)33,27(37)41-4-2)22-15-16-23(35(38)39)25(24(22)30)34(17-20-11-7-5-8-12-20)18-21-13-9-6-10-14-21/h5-16H,3-4,17-19H2,1-2H3. The van der Waals surface area contributed by atoms with Crippen molar-refractivity contribution in [3.8, 4) is 0 Å². The first-order valence-corrected chi connectivity index (χ1v) is 12.7. The van der Waals surface area contributed by atoms with Crippen molar-refractivity contribution in [2.75, 3.05) is 18.1 Å². The van der Waals surface area contributed by atoms with Crippen LogP contribution in [0.4, 0.5) is 28.9 Å². The van der Waals surface area contributed by atoms with E-state index in [1.807, 2.05) is 0 Å². The maximum Gasteiger partial charge on any atom is 0.391 e. The second kappa shape index (κ2) is 13.2. The molecule has 0 radical (unpaired) electrons. The quantitative estimate of drug-likeness (QED) is 0.0826. The number of hydrogen-bond donors (Lipinski definition) is 0. The van der Waals surface area contributed by atoms with Crippen LogP contribution in [0.1, 0.15) is 37.0 Å². The molecule has 0 spiro atoms. The van der Waals surface area contributed by atoms with Gasteiger partial charge in [-0.3, -0.25) is 19.7 Å². The minimum Gasteiger partial charge on any atom is -0.465 e. The Kier molecular flexibility index (Phi) is 10.0. The molecule has 0 saturated carbocycles. The zero-order valence-corrected chi connectivity index (χ0v) is 22.3. The van der Waals surface area contributed by atoms with Gasteiger partial charge >= 0.3 is 18.1 Å². The molecule has 41 heavy (non-hydrogen) atoms. The van der Waals surface area contributed by atoms with Gasteiger partial charge in [0.1, 0.15) is 0 Å². The van der Waals surface area contributed by atoms with Gasteiger partial charge in [0.2, 0.25) is 5.41 Å². The molecule has 12 heteroatoms.